The van der Waals surface area contributed by atoms with Crippen molar-refractivity contribution in [3.63, 3.8) is 0 Å². The predicted molar refractivity (Wildman–Crippen MR) is 108 cm³/mol. The minimum absolute atomic E-state index is 0.0974. The first-order valence-electron chi connectivity index (χ1n) is 9.99. The lowest BCUT2D eigenvalue weighted by Gasteiger charge is -2.52. The summed E-state index contributed by atoms with van der Waals surface area (Å²) in [6.07, 6.45) is 2.62. The van der Waals surface area contributed by atoms with Crippen LogP contribution in [-0.4, -0.2) is 23.9 Å². The van der Waals surface area contributed by atoms with E-state index >= 15 is 0 Å². The molecule has 2 aromatic carbocycles. The Morgan fingerprint density at radius 1 is 1.04 bits per heavy atom. The van der Waals surface area contributed by atoms with Crippen LogP contribution in [-0.2, 0) is 11.2 Å². The molecule has 1 fully saturated rings. The first kappa shape index (κ1) is 17.1. The largest absolute Gasteiger partial charge is 0.444 e. The Kier molecular flexibility index (Phi) is 3.98. The third-order valence-corrected chi connectivity index (χ3v) is 6.50. The third kappa shape index (κ3) is 2.46. The number of hydrogen-bond donors (Lipinski definition) is 1. The van der Waals surface area contributed by atoms with E-state index in [9.17, 15) is 5.26 Å². The monoisotopic (exact) mass is 369 g/mol. The molecule has 140 valence electrons. The minimum atomic E-state index is -1.04. The molecule has 0 unspecified atom stereocenters. The molecular formula is C24H23N3O. The van der Waals surface area contributed by atoms with Gasteiger partial charge in [0.15, 0.2) is 0 Å². The molecule has 28 heavy (non-hydrogen) atoms. The fraction of sp³-hybridized carbons (Fsp3) is 0.333. The number of hydrogen-bond acceptors (Lipinski definition) is 4. The molecule has 2 atom stereocenters. The number of nitriles is 1. The molecule has 0 saturated carbocycles. The number of nitrogens with one attached hydrogen (secondary N) is 1. The number of ether oxygens (including phenoxy) is 1. The van der Waals surface area contributed by atoms with Crippen molar-refractivity contribution >= 4 is 5.90 Å². The van der Waals surface area contributed by atoms with Gasteiger partial charge >= 0.3 is 0 Å². The second-order valence-electron chi connectivity index (χ2n) is 8.03. The molecule has 4 aliphatic heterocycles. The van der Waals surface area contributed by atoms with E-state index in [1.807, 2.05) is 48.5 Å². The van der Waals surface area contributed by atoms with Crippen LogP contribution in [0.15, 0.2) is 72.1 Å². The maximum atomic E-state index is 10.5. The van der Waals surface area contributed by atoms with Gasteiger partial charge in [0.05, 0.1) is 17.7 Å². The Labute approximate surface area is 165 Å². The van der Waals surface area contributed by atoms with E-state index in [0.29, 0.717) is 12.3 Å². The SMILES string of the molecule is N#C[C@]1(Cc2ccccc2)C(=N)OC2=C([C@@H]1c1ccccc1)N1CCC2CC1. The van der Waals surface area contributed by atoms with Crippen molar-refractivity contribution in [2.45, 2.75) is 25.2 Å². The Balaban J connectivity index is 1.71. The lowest BCUT2D eigenvalue weighted by atomic mass is 9.64. The molecule has 0 aliphatic carbocycles. The van der Waals surface area contributed by atoms with Gasteiger partial charge in [-0.2, -0.15) is 5.26 Å². The van der Waals surface area contributed by atoms with Crippen LogP contribution in [0.4, 0.5) is 0 Å². The highest BCUT2D eigenvalue weighted by Gasteiger charge is 2.56. The van der Waals surface area contributed by atoms with Gasteiger partial charge in [0.2, 0.25) is 5.90 Å². The van der Waals surface area contributed by atoms with E-state index in [2.05, 4.69) is 23.1 Å². The van der Waals surface area contributed by atoms with Gasteiger partial charge in [-0.05, 0) is 24.0 Å². The zero-order valence-corrected chi connectivity index (χ0v) is 15.8. The second kappa shape index (κ2) is 6.53. The summed E-state index contributed by atoms with van der Waals surface area (Å²) in [5, 5.41) is 19.3. The predicted octanol–water partition coefficient (Wildman–Crippen LogP) is 4.47. The smallest absolute Gasteiger partial charge is 0.208 e. The van der Waals surface area contributed by atoms with Crippen molar-refractivity contribution in [2.75, 3.05) is 13.1 Å². The molecule has 2 aromatic rings. The normalized spacial score (nSPS) is 26.6. The van der Waals surface area contributed by atoms with Crippen LogP contribution in [0, 0.1) is 28.1 Å². The summed E-state index contributed by atoms with van der Waals surface area (Å²) in [7, 11) is 0. The molecule has 0 spiro atoms. The summed E-state index contributed by atoms with van der Waals surface area (Å²) >= 11 is 0. The first-order valence-corrected chi connectivity index (χ1v) is 9.99. The van der Waals surface area contributed by atoms with Crippen LogP contribution in [0.1, 0.15) is 29.9 Å². The maximum absolute atomic E-state index is 10.5. The standard InChI is InChI=1S/C24H23N3O/c25-16-24(15-17-7-3-1-4-8-17)20(18-9-5-2-6-10-18)21-22(28-23(24)26)19-11-13-27(21)14-12-19/h1-10,19-20,26H,11-15H2/t20-,24-/m0/s1. The van der Waals surface area contributed by atoms with Gasteiger partial charge in [0.1, 0.15) is 11.2 Å². The zero-order valence-electron chi connectivity index (χ0n) is 15.8. The van der Waals surface area contributed by atoms with E-state index in [1.165, 1.54) is 0 Å². The lowest BCUT2D eigenvalue weighted by molar-refractivity contribution is 0.102. The molecule has 0 radical (unpaired) electrons. The Morgan fingerprint density at radius 2 is 1.68 bits per heavy atom. The van der Waals surface area contributed by atoms with Crippen molar-refractivity contribution in [1.29, 1.82) is 10.7 Å². The van der Waals surface area contributed by atoms with Crippen molar-refractivity contribution < 1.29 is 4.74 Å². The summed E-state index contributed by atoms with van der Waals surface area (Å²) in [6, 6.07) is 22.8. The summed E-state index contributed by atoms with van der Waals surface area (Å²) < 4.78 is 6.15. The molecule has 4 nitrogen and oxygen atoms in total. The Hall–Kier alpha value is -3.06. The highest BCUT2D eigenvalue weighted by atomic mass is 16.5. The quantitative estimate of drug-likeness (QED) is 0.868. The van der Waals surface area contributed by atoms with Crippen molar-refractivity contribution in [2.24, 2.45) is 11.3 Å². The first-order chi connectivity index (χ1) is 13.7. The highest BCUT2D eigenvalue weighted by molar-refractivity contribution is 5.87. The van der Waals surface area contributed by atoms with Crippen LogP contribution in [0.5, 0.6) is 0 Å². The van der Waals surface area contributed by atoms with Gasteiger partial charge in [-0.15, -0.1) is 0 Å². The molecule has 4 aliphatic rings. The topological polar surface area (TPSA) is 60.1 Å². The summed E-state index contributed by atoms with van der Waals surface area (Å²) in [4.78, 5) is 2.40. The van der Waals surface area contributed by atoms with E-state index in [4.69, 9.17) is 10.1 Å². The van der Waals surface area contributed by atoms with Crippen LogP contribution < -0.4 is 0 Å². The van der Waals surface area contributed by atoms with E-state index < -0.39 is 5.41 Å². The summed E-state index contributed by atoms with van der Waals surface area (Å²) in [5.41, 5.74) is 2.24. The average molecular weight is 369 g/mol. The molecule has 1 saturated heterocycles. The van der Waals surface area contributed by atoms with Crippen LogP contribution in [0.3, 0.4) is 0 Å². The molecule has 1 N–H and O–H groups in total. The average Bonchev–Trinajstić information content (AvgIpc) is 2.76. The summed E-state index contributed by atoms with van der Waals surface area (Å²) in [5.74, 6) is 1.23. The summed E-state index contributed by atoms with van der Waals surface area (Å²) in [6.45, 7) is 2.02. The van der Waals surface area contributed by atoms with Crippen molar-refractivity contribution in [3.8, 4) is 6.07 Å². The third-order valence-electron chi connectivity index (χ3n) is 6.50. The number of piperidine rings is 1. The van der Waals surface area contributed by atoms with Gasteiger partial charge in [-0.3, -0.25) is 5.41 Å². The molecule has 4 heteroatoms. The maximum Gasteiger partial charge on any atom is 0.208 e. The van der Waals surface area contributed by atoms with Gasteiger partial charge in [-0.25, -0.2) is 0 Å². The van der Waals surface area contributed by atoms with Gasteiger partial charge in [-0.1, -0.05) is 60.7 Å². The van der Waals surface area contributed by atoms with Gasteiger partial charge in [0, 0.05) is 25.4 Å². The molecule has 6 rings (SSSR count). The van der Waals surface area contributed by atoms with Gasteiger partial charge in [0.25, 0.3) is 0 Å². The van der Waals surface area contributed by atoms with Crippen LogP contribution >= 0.6 is 0 Å². The Morgan fingerprint density at radius 3 is 2.32 bits per heavy atom. The van der Waals surface area contributed by atoms with E-state index in [0.717, 1.165) is 48.5 Å². The number of benzene rings is 2. The molecule has 4 heterocycles. The highest BCUT2D eigenvalue weighted by Crippen LogP contribution is 2.54. The fourth-order valence-corrected chi connectivity index (χ4v) is 5.12. The molecular weight excluding hydrogens is 346 g/mol. The van der Waals surface area contributed by atoms with Crippen LogP contribution in [0.2, 0.25) is 0 Å². The van der Waals surface area contributed by atoms with E-state index in [1.54, 1.807) is 0 Å². The zero-order chi connectivity index (χ0) is 19.1. The van der Waals surface area contributed by atoms with Crippen LogP contribution in [0.25, 0.3) is 0 Å². The van der Waals surface area contributed by atoms with Crippen molar-refractivity contribution in [3.05, 3.63) is 83.2 Å². The number of fused-ring (bicyclic) bond motifs is 2. The van der Waals surface area contributed by atoms with Crippen molar-refractivity contribution in [1.82, 2.24) is 4.90 Å². The molecule has 0 aromatic heterocycles. The Bertz CT molecular complexity index is 968. The number of rotatable bonds is 3. The molecule has 0 amide bonds. The molecule has 2 bridgehead atoms. The van der Waals surface area contributed by atoms with Gasteiger partial charge < -0.3 is 9.64 Å². The minimum Gasteiger partial charge on any atom is -0.444 e. The lowest BCUT2D eigenvalue weighted by Crippen LogP contribution is -2.53. The van der Waals surface area contributed by atoms with E-state index in [-0.39, 0.29) is 11.8 Å². The fourth-order valence-electron chi connectivity index (χ4n) is 5.12. The second-order valence-corrected chi connectivity index (χ2v) is 8.03. The number of allylic oxidation sites excluding steroid dienone is 2. The number of nitrogens with zero attached hydrogens (tertiary/aromatic N) is 2.